The lowest BCUT2D eigenvalue weighted by Crippen LogP contribution is -2.26. The van der Waals surface area contributed by atoms with E-state index in [2.05, 4.69) is 9.57 Å². The number of carbonyl (C=O) groups is 1. The van der Waals surface area contributed by atoms with Crippen LogP contribution in [0.5, 0.6) is 5.75 Å². The fourth-order valence-corrected chi connectivity index (χ4v) is 3.11. The number of rotatable bonds is 7. The van der Waals surface area contributed by atoms with Crippen LogP contribution in [0.2, 0.25) is 0 Å². The summed E-state index contributed by atoms with van der Waals surface area (Å²) in [5, 5.41) is 0. The van der Waals surface area contributed by atoms with Crippen LogP contribution < -0.4 is 9.62 Å². The molecule has 7 nitrogen and oxygen atoms in total. The summed E-state index contributed by atoms with van der Waals surface area (Å²) in [6, 6.07) is 10.4. The largest absolute Gasteiger partial charge is 0.573 e. The highest BCUT2D eigenvalue weighted by molar-refractivity contribution is 7.89. The van der Waals surface area contributed by atoms with Crippen LogP contribution in [0, 0.1) is 0 Å². The van der Waals surface area contributed by atoms with Crippen LogP contribution in [0.3, 0.4) is 0 Å². The van der Waals surface area contributed by atoms with Gasteiger partial charge in [-0.15, -0.1) is 13.2 Å². The maximum Gasteiger partial charge on any atom is 0.573 e. The zero-order valence-corrected chi connectivity index (χ0v) is 15.7. The second kappa shape index (κ2) is 8.59. The van der Waals surface area contributed by atoms with Crippen molar-refractivity contribution in [1.29, 1.82) is 0 Å². The number of ether oxygens (including phenoxy) is 1. The minimum Gasteiger partial charge on any atom is -0.406 e. The number of nitrogens with zero attached hydrogens (tertiary/aromatic N) is 1. The molecule has 0 fully saturated rings. The number of alkyl halides is 3. The van der Waals surface area contributed by atoms with Crippen molar-refractivity contribution >= 4 is 15.9 Å². The molecule has 1 amide bonds. The van der Waals surface area contributed by atoms with E-state index in [-0.39, 0.29) is 28.7 Å². The molecule has 2 aromatic carbocycles. The highest BCUT2D eigenvalue weighted by Crippen LogP contribution is 2.23. The fourth-order valence-electron chi connectivity index (χ4n) is 2.30. The Labute approximate surface area is 159 Å². The molecule has 0 aromatic heterocycles. The van der Waals surface area contributed by atoms with Gasteiger partial charge < -0.3 is 9.64 Å². The first-order chi connectivity index (χ1) is 13.0. The summed E-state index contributed by atoms with van der Waals surface area (Å²) in [5.41, 5.74) is 0.838. The van der Waals surface area contributed by atoms with Gasteiger partial charge >= 0.3 is 6.36 Å². The Bertz CT molecular complexity index is 913. The van der Waals surface area contributed by atoms with Crippen molar-refractivity contribution in [2.45, 2.75) is 17.8 Å². The molecule has 0 spiro atoms. The zero-order valence-electron chi connectivity index (χ0n) is 14.9. The van der Waals surface area contributed by atoms with Gasteiger partial charge in [0.25, 0.3) is 15.9 Å². The van der Waals surface area contributed by atoms with Gasteiger partial charge in [-0.3, -0.25) is 9.63 Å². The summed E-state index contributed by atoms with van der Waals surface area (Å²) in [7, 11) is -1.16. The quantitative estimate of drug-likeness (QED) is 0.699. The number of sulfonamides is 1. The molecule has 0 radical (unpaired) electrons. The minimum atomic E-state index is -4.77. The molecule has 0 saturated heterocycles. The Morgan fingerprint density at radius 2 is 1.64 bits per heavy atom. The van der Waals surface area contributed by atoms with Gasteiger partial charge in [-0.1, -0.05) is 17.0 Å². The summed E-state index contributed by atoms with van der Waals surface area (Å²) in [5.74, 6) is -0.744. The average molecular weight is 418 g/mol. The van der Waals surface area contributed by atoms with Crippen LogP contribution in [0.15, 0.2) is 53.4 Å². The van der Waals surface area contributed by atoms with E-state index in [1.54, 1.807) is 0 Å². The molecule has 28 heavy (non-hydrogen) atoms. The molecule has 0 heterocycles. The monoisotopic (exact) mass is 418 g/mol. The van der Waals surface area contributed by atoms with Crippen LogP contribution in [-0.2, 0) is 21.4 Å². The Hall–Kier alpha value is -2.63. The van der Waals surface area contributed by atoms with Crippen LogP contribution in [-0.4, -0.2) is 39.7 Å². The third kappa shape index (κ3) is 5.94. The molecule has 152 valence electrons. The van der Waals surface area contributed by atoms with E-state index >= 15 is 0 Å². The van der Waals surface area contributed by atoms with Crippen molar-refractivity contribution < 1.29 is 36.0 Å². The fraction of sp³-hybridized carbons (Fsp3) is 0.235. The van der Waals surface area contributed by atoms with E-state index in [9.17, 15) is 26.4 Å². The molecule has 0 unspecified atom stereocenters. The third-order valence-corrected chi connectivity index (χ3v) is 4.81. The van der Waals surface area contributed by atoms with E-state index in [0.29, 0.717) is 5.56 Å². The first-order valence-electron chi connectivity index (χ1n) is 7.77. The normalized spacial score (nSPS) is 11.9. The number of carbonyl (C=O) groups excluding carboxylic acids is 1. The maximum atomic E-state index is 12.5. The van der Waals surface area contributed by atoms with Crippen molar-refractivity contribution in [3.8, 4) is 5.75 Å². The predicted molar refractivity (Wildman–Crippen MR) is 92.7 cm³/mol. The van der Waals surface area contributed by atoms with E-state index in [4.69, 9.17) is 0 Å². The summed E-state index contributed by atoms with van der Waals surface area (Å²) < 4.78 is 63.9. The Kier molecular flexibility index (Phi) is 6.65. The van der Waals surface area contributed by atoms with E-state index < -0.39 is 16.4 Å². The smallest absolute Gasteiger partial charge is 0.406 e. The zero-order chi connectivity index (χ0) is 20.9. The lowest BCUT2D eigenvalue weighted by atomic mass is 10.1. The third-order valence-electron chi connectivity index (χ3n) is 3.53. The van der Waals surface area contributed by atoms with Gasteiger partial charge in [0, 0.05) is 19.2 Å². The summed E-state index contributed by atoms with van der Waals surface area (Å²) in [6.07, 6.45) is -4.77. The maximum absolute atomic E-state index is 12.5. The van der Waals surface area contributed by atoms with Gasteiger partial charge in [0.15, 0.2) is 0 Å². The first-order valence-corrected chi connectivity index (χ1v) is 9.25. The van der Waals surface area contributed by atoms with Gasteiger partial charge in [-0.2, -0.15) is 0 Å². The van der Waals surface area contributed by atoms with Crippen molar-refractivity contribution in [2.75, 3.05) is 14.2 Å². The van der Waals surface area contributed by atoms with Gasteiger partial charge in [0.2, 0.25) is 0 Å². The number of benzene rings is 2. The molecular formula is C17H17F3N2O5S. The van der Waals surface area contributed by atoms with Crippen LogP contribution in [0.1, 0.15) is 15.9 Å². The second-order valence-electron chi connectivity index (χ2n) is 5.67. The molecule has 0 aliphatic heterocycles. The number of nitrogens with one attached hydrogen (secondary N) is 1. The highest BCUT2D eigenvalue weighted by atomic mass is 32.2. The van der Waals surface area contributed by atoms with E-state index in [0.717, 1.165) is 19.2 Å². The van der Waals surface area contributed by atoms with Crippen molar-refractivity contribution in [1.82, 2.24) is 9.79 Å². The molecule has 0 saturated carbocycles. The van der Waals surface area contributed by atoms with Crippen molar-refractivity contribution in [3.63, 3.8) is 0 Å². The Balaban J connectivity index is 2.04. The van der Waals surface area contributed by atoms with Gasteiger partial charge in [-0.25, -0.2) is 8.42 Å². The summed E-state index contributed by atoms with van der Waals surface area (Å²) in [6.45, 7) is 0.135. The number of hydrogen-bond acceptors (Lipinski definition) is 5. The lowest BCUT2D eigenvalue weighted by molar-refractivity contribution is -0.274. The predicted octanol–water partition coefficient (Wildman–Crippen LogP) is 2.70. The number of amides is 1. The van der Waals surface area contributed by atoms with Crippen LogP contribution >= 0.6 is 0 Å². The van der Waals surface area contributed by atoms with E-state index in [1.807, 2.05) is 4.89 Å². The van der Waals surface area contributed by atoms with Gasteiger partial charge in [0.05, 0.1) is 12.0 Å². The van der Waals surface area contributed by atoms with Crippen LogP contribution in [0.4, 0.5) is 13.2 Å². The minimum absolute atomic E-state index is 0.0752. The Morgan fingerprint density at radius 1 is 1.07 bits per heavy atom. The standard InChI is InChI=1S/C17H17F3N2O5S/c1-22(11-12-3-7-14(8-4-12)27-17(18,19)20)16(23)13-5-9-15(10-6-13)28(24,25)21-26-2/h3-10,21H,11H2,1-2H3. The SMILES string of the molecule is CONS(=O)(=O)c1ccc(C(=O)N(C)Cc2ccc(OC(F)(F)F)cc2)cc1. The molecule has 0 aliphatic carbocycles. The molecular weight excluding hydrogens is 401 g/mol. The average Bonchev–Trinajstić information content (AvgIpc) is 2.61. The molecule has 0 aliphatic rings. The topological polar surface area (TPSA) is 84.9 Å². The lowest BCUT2D eigenvalue weighted by Gasteiger charge is -2.18. The molecule has 0 atom stereocenters. The second-order valence-corrected chi connectivity index (χ2v) is 7.31. The highest BCUT2D eigenvalue weighted by Gasteiger charge is 2.31. The molecule has 2 aromatic rings. The number of hydrogen-bond donors (Lipinski definition) is 1. The number of halogens is 3. The molecule has 0 bridgehead atoms. The van der Waals surface area contributed by atoms with Crippen LogP contribution in [0.25, 0.3) is 0 Å². The first kappa shape index (κ1) is 21.7. The van der Waals surface area contributed by atoms with E-state index in [1.165, 1.54) is 48.3 Å². The van der Waals surface area contributed by atoms with Crippen molar-refractivity contribution in [3.05, 3.63) is 59.7 Å². The molecule has 11 heteroatoms. The molecule has 1 N–H and O–H groups in total. The molecule has 2 rings (SSSR count). The summed E-state index contributed by atoms with van der Waals surface area (Å²) in [4.78, 5) is 20.0. The summed E-state index contributed by atoms with van der Waals surface area (Å²) >= 11 is 0. The van der Waals surface area contributed by atoms with Gasteiger partial charge in [0.1, 0.15) is 5.75 Å². The van der Waals surface area contributed by atoms with Crippen molar-refractivity contribution in [2.24, 2.45) is 0 Å². The Morgan fingerprint density at radius 3 is 2.14 bits per heavy atom. The van der Waals surface area contributed by atoms with Gasteiger partial charge in [-0.05, 0) is 42.0 Å².